The molecule has 0 aliphatic rings. The first-order valence-electron chi connectivity index (χ1n) is 5.18. The van der Waals surface area contributed by atoms with E-state index in [-0.39, 0.29) is 5.91 Å². The Labute approximate surface area is 127 Å². The highest BCUT2D eigenvalue weighted by Crippen LogP contribution is 2.21. The van der Waals surface area contributed by atoms with Crippen LogP contribution >= 0.6 is 38.5 Å². The van der Waals surface area contributed by atoms with Gasteiger partial charge in [-0.3, -0.25) is 4.79 Å². The summed E-state index contributed by atoms with van der Waals surface area (Å²) in [5.41, 5.74) is 7.63. The number of hydrogen-bond acceptors (Lipinski definition) is 2. The first kappa shape index (κ1) is 13.4. The van der Waals surface area contributed by atoms with Gasteiger partial charge in [0.25, 0.3) is 5.91 Å². The lowest BCUT2D eigenvalue weighted by atomic mass is 10.2. The quantitative estimate of drug-likeness (QED) is 0.576. The van der Waals surface area contributed by atoms with Gasteiger partial charge in [-0.05, 0) is 81.0 Å². The zero-order valence-electron chi connectivity index (χ0n) is 9.28. The standard InChI is InChI=1S/C13H10BrIN2O/c14-11-7-8(1-6-12(11)16)13(18)17-10-4-2-9(15)3-5-10/h1-7H,16H2,(H,17,18). The van der Waals surface area contributed by atoms with Crippen molar-refractivity contribution in [1.82, 2.24) is 0 Å². The molecule has 2 rings (SSSR count). The molecule has 92 valence electrons. The van der Waals surface area contributed by atoms with Crippen LogP contribution in [0.4, 0.5) is 11.4 Å². The van der Waals surface area contributed by atoms with E-state index in [4.69, 9.17) is 5.73 Å². The number of benzene rings is 2. The highest BCUT2D eigenvalue weighted by Gasteiger charge is 2.07. The number of anilines is 2. The minimum Gasteiger partial charge on any atom is -0.398 e. The number of rotatable bonds is 2. The number of nitrogens with one attached hydrogen (secondary N) is 1. The lowest BCUT2D eigenvalue weighted by molar-refractivity contribution is 0.102. The summed E-state index contributed by atoms with van der Waals surface area (Å²) in [6, 6.07) is 12.7. The van der Waals surface area contributed by atoms with E-state index in [0.29, 0.717) is 11.3 Å². The van der Waals surface area contributed by atoms with Crippen molar-refractivity contribution in [1.29, 1.82) is 0 Å². The molecule has 2 aromatic rings. The van der Waals surface area contributed by atoms with Crippen molar-refractivity contribution >= 4 is 55.8 Å². The van der Waals surface area contributed by atoms with Crippen molar-refractivity contribution < 1.29 is 4.79 Å². The molecule has 3 N–H and O–H groups in total. The molecule has 0 bridgehead atoms. The van der Waals surface area contributed by atoms with Crippen molar-refractivity contribution in [3.8, 4) is 0 Å². The summed E-state index contributed by atoms with van der Waals surface area (Å²) in [4.78, 5) is 12.0. The van der Waals surface area contributed by atoms with Gasteiger partial charge in [-0.25, -0.2) is 0 Å². The number of amides is 1. The Morgan fingerprint density at radius 3 is 2.44 bits per heavy atom. The van der Waals surface area contributed by atoms with Crippen molar-refractivity contribution in [3.05, 3.63) is 56.1 Å². The molecule has 3 nitrogen and oxygen atoms in total. The predicted octanol–water partition coefficient (Wildman–Crippen LogP) is 3.89. The molecule has 0 heterocycles. The second-order valence-corrected chi connectivity index (χ2v) is 5.80. The van der Waals surface area contributed by atoms with Crippen LogP contribution in [0.15, 0.2) is 46.9 Å². The third-order valence-electron chi connectivity index (χ3n) is 2.36. The zero-order chi connectivity index (χ0) is 13.1. The molecular weight excluding hydrogens is 407 g/mol. The van der Waals surface area contributed by atoms with Crippen LogP contribution in [0, 0.1) is 3.57 Å². The Balaban J connectivity index is 2.16. The minimum absolute atomic E-state index is 0.156. The monoisotopic (exact) mass is 416 g/mol. The van der Waals surface area contributed by atoms with E-state index in [2.05, 4.69) is 43.8 Å². The number of carbonyl (C=O) groups is 1. The maximum Gasteiger partial charge on any atom is 0.255 e. The van der Waals surface area contributed by atoms with Crippen LogP contribution in [0.1, 0.15) is 10.4 Å². The van der Waals surface area contributed by atoms with E-state index in [1.54, 1.807) is 18.2 Å². The maximum atomic E-state index is 12.0. The molecule has 5 heteroatoms. The highest BCUT2D eigenvalue weighted by molar-refractivity contribution is 14.1. The van der Waals surface area contributed by atoms with Crippen molar-refractivity contribution in [2.24, 2.45) is 0 Å². The van der Waals surface area contributed by atoms with E-state index in [1.807, 2.05) is 24.3 Å². The summed E-state index contributed by atoms with van der Waals surface area (Å²) < 4.78 is 1.85. The molecule has 0 aliphatic carbocycles. The van der Waals surface area contributed by atoms with E-state index < -0.39 is 0 Å². The number of nitrogen functional groups attached to an aromatic ring is 1. The molecule has 0 radical (unpaired) electrons. The van der Waals surface area contributed by atoms with Crippen LogP contribution in [-0.4, -0.2) is 5.91 Å². The summed E-state index contributed by atoms with van der Waals surface area (Å²) in [5.74, 6) is -0.156. The van der Waals surface area contributed by atoms with Gasteiger partial charge < -0.3 is 11.1 Å². The van der Waals surface area contributed by atoms with Crippen LogP contribution in [-0.2, 0) is 0 Å². The Morgan fingerprint density at radius 1 is 1.17 bits per heavy atom. The van der Waals surface area contributed by atoms with Gasteiger partial charge >= 0.3 is 0 Å². The maximum absolute atomic E-state index is 12.0. The number of halogens is 2. The highest BCUT2D eigenvalue weighted by atomic mass is 127. The molecule has 0 aromatic heterocycles. The fourth-order valence-corrected chi connectivity index (χ4v) is 2.14. The van der Waals surface area contributed by atoms with Gasteiger partial charge in [-0.15, -0.1) is 0 Å². The smallest absolute Gasteiger partial charge is 0.255 e. The average Bonchev–Trinajstić information content (AvgIpc) is 2.35. The fourth-order valence-electron chi connectivity index (χ4n) is 1.40. The van der Waals surface area contributed by atoms with E-state index in [1.165, 1.54) is 0 Å². The van der Waals surface area contributed by atoms with Crippen LogP contribution in [0.3, 0.4) is 0 Å². The lowest BCUT2D eigenvalue weighted by Crippen LogP contribution is -2.12. The zero-order valence-corrected chi connectivity index (χ0v) is 13.0. The van der Waals surface area contributed by atoms with Crippen LogP contribution < -0.4 is 11.1 Å². The van der Waals surface area contributed by atoms with Crippen LogP contribution in [0.25, 0.3) is 0 Å². The van der Waals surface area contributed by atoms with Crippen molar-refractivity contribution in [3.63, 3.8) is 0 Å². The van der Waals surface area contributed by atoms with Crippen molar-refractivity contribution in [2.75, 3.05) is 11.1 Å². The van der Waals surface area contributed by atoms with E-state index in [9.17, 15) is 4.79 Å². The molecule has 0 aliphatic heterocycles. The fraction of sp³-hybridized carbons (Fsp3) is 0. The molecule has 0 spiro atoms. The molecule has 0 saturated carbocycles. The third-order valence-corrected chi connectivity index (χ3v) is 3.77. The molecule has 1 amide bonds. The first-order chi connectivity index (χ1) is 8.56. The molecule has 0 saturated heterocycles. The summed E-state index contributed by atoms with van der Waals surface area (Å²) in [6.45, 7) is 0. The largest absolute Gasteiger partial charge is 0.398 e. The number of hydrogen-bond donors (Lipinski definition) is 2. The van der Waals surface area contributed by atoms with Crippen LogP contribution in [0.2, 0.25) is 0 Å². The third kappa shape index (κ3) is 3.23. The number of carbonyl (C=O) groups excluding carboxylic acids is 1. The Bertz CT molecular complexity index is 584. The predicted molar refractivity (Wildman–Crippen MR) is 85.7 cm³/mol. The molecule has 2 aromatic carbocycles. The Morgan fingerprint density at radius 2 is 1.83 bits per heavy atom. The number of nitrogens with two attached hydrogens (primary N) is 1. The summed E-state index contributed by atoms with van der Waals surface area (Å²) in [6.07, 6.45) is 0. The lowest BCUT2D eigenvalue weighted by Gasteiger charge is -2.06. The van der Waals surface area contributed by atoms with Gasteiger partial charge in [0.2, 0.25) is 0 Å². The molecular formula is C13H10BrIN2O. The second kappa shape index (κ2) is 5.71. The first-order valence-corrected chi connectivity index (χ1v) is 7.05. The molecule has 0 unspecified atom stereocenters. The molecule has 18 heavy (non-hydrogen) atoms. The average molecular weight is 417 g/mol. The van der Waals surface area contributed by atoms with Crippen LogP contribution in [0.5, 0.6) is 0 Å². The summed E-state index contributed by atoms with van der Waals surface area (Å²) in [7, 11) is 0. The van der Waals surface area contributed by atoms with Gasteiger partial charge in [0.05, 0.1) is 0 Å². The van der Waals surface area contributed by atoms with Gasteiger partial charge in [-0.1, -0.05) is 0 Å². The van der Waals surface area contributed by atoms with E-state index in [0.717, 1.165) is 13.7 Å². The van der Waals surface area contributed by atoms with Gasteiger partial charge in [0, 0.05) is 25.0 Å². The second-order valence-electron chi connectivity index (χ2n) is 3.70. The van der Waals surface area contributed by atoms with Gasteiger partial charge in [0.1, 0.15) is 0 Å². The van der Waals surface area contributed by atoms with Gasteiger partial charge in [0.15, 0.2) is 0 Å². The molecule has 0 atom stereocenters. The normalized spacial score (nSPS) is 10.1. The Kier molecular flexibility index (Phi) is 4.23. The SMILES string of the molecule is Nc1ccc(C(=O)Nc2ccc(I)cc2)cc1Br. The Hall–Kier alpha value is -1.08. The van der Waals surface area contributed by atoms with Gasteiger partial charge in [-0.2, -0.15) is 0 Å². The summed E-state index contributed by atoms with van der Waals surface area (Å²) in [5, 5.41) is 2.83. The minimum atomic E-state index is -0.156. The topological polar surface area (TPSA) is 55.1 Å². The molecule has 0 fully saturated rings. The van der Waals surface area contributed by atoms with E-state index >= 15 is 0 Å². The summed E-state index contributed by atoms with van der Waals surface area (Å²) >= 11 is 5.52. The van der Waals surface area contributed by atoms with Crippen molar-refractivity contribution in [2.45, 2.75) is 0 Å².